The van der Waals surface area contributed by atoms with E-state index in [1.807, 2.05) is 45.3 Å². The van der Waals surface area contributed by atoms with E-state index in [4.69, 9.17) is 4.74 Å². The fourth-order valence-electron chi connectivity index (χ4n) is 2.68. The van der Waals surface area contributed by atoms with Gasteiger partial charge < -0.3 is 14.7 Å². The molecular weight excluding hydrogens is 238 g/mol. The van der Waals surface area contributed by atoms with Crippen molar-refractivity contribution in [1.29, 1.82) is 0 Å². The number of hydrogen-bond donors (Lipinski definition) is 1. The molecule has 108 valence electrons. The Morgan fingerprint density at radius 2 is 2.00 bits per heavy atom. The normalized spacial score (nSPS) is 16.2. The van der Waals surface area contributed by atoms with E-state index >= 15 is 0 Å². The van der Waals surface area contributed by atoms with Gasteiger partial charge in [-0.25, -0.2) is 0 Å². The molecule has 3 heteroatoms. The highest BCUT2D eigenvalue weighted by atomic mass is 16.5. The van der Waals surface area contributed by atoms with Crippen molar-refractivity contribution in [2.24, 2.45) is 5.92 Å². The van der Waals surface area contributed by atoms with Crippen LogP contribution in [0.25, 0.3) is 0 Å². The van der Waals surface area contributed by atoms with Gasteiger partial charge in [0.05, 0.1) is 12.7 Å². The molecule has 0 saturated carbocycles. The molecule has 0 radical (unpaired) electrons. The van der Waals surface area contributed by atoms with Crippen LogP contribution in [0.4, 0.5) is 0 Å². The maximum Gasteiger partial charge on any atom is 0.119 e. The lowest BCUT2D eigenvalue weighted by Crippen LogP contribution is -2.40. The number of methoxy groups -OCH3 is 1. The van der Waals surface area contributed by atoms with Crippen LogP contribution in [-0.2, 0) is 5.60 Å². The van der Waals surface area contributed by atoms with Crippen molar-refractivity contribution in [3.63, 3.8) is 0 Å². The Kier molecular flexibility index (Phi) is 5.83. The smallest absolute Gasteiger partial charge is 0.119 e. The van der Waals surface area contributed by atoms with Crippen LogP contribution in [0, 0.1) is 5.92 Å². The summed E-state index contributed by atoms with van der Waals surface area (Å²) in [6, 6.07) is 7.79. The average Bonchev–Trinajstić information content (AvgIpc) is 2.43. The van der Waals surface area contributed by atoms with Gasteiger partial charge in [0, 0.05) is 12.5 Å². The van der Waals surface area contributed by atoms with Crippen LogP contribution in [0.2, 0.25) is 0 Å². The molecule has 1 N–H and O–H groups in total. The number of hydrogen-bond acceptors (Lipinski definition) is 3. The topological polar surface area (TPSA) is 32.7 Å². The van der Waals surface area contributed by atoms with Crippen LogP contribution in [0.3, 0.4) is 0 Å². The minimum atomic E-state index is -0.798. The van der Waals surface area contributed by atoms with Crippen LogP contribution in [0.15, 0.2) is 24.3 Å². The number of benzene rings is 1. The molecule has 0 unspecified atom stereocenters. The van der Waals surface area contributed by atoms with E-state index in [0.717, 1.165) is 24.3 Å². The summed E-state index contributed by atoms with van der Waals surface area (Å²) in [6.07, 6.45) is 1.65. The SMILES string of the molecule is CC[C@H](CN(C)C)[C@](O)(CC)c1cccc(OC)c1. The molecule has 3 nitrogen and oxygen atoms in total. The first-order valence-electron chi connectivity index (χ1n) is 6.99. The Balaban J connectivity index is 3.12. The summed E-state index contributed by atoms with van der Waals surface area (Å²) in [7, 11) is 5.75. The molecular formula is C16H27NO2. The largest absolute Gasteiger partial charge is 0.497 e. The summed E-state index contributed by atoms with van der Waals surface area (Å²) in [5.41, 5.74) is 0.149. The number of rotatable bonds is 7. The first kappa shape index (κ1) is 16.0. The summed E-state index contributed by atoms with van der Waals surface area (Å²) in [4.78, 5) is 2.13. The van der Waals surface area contributed by atoms with E-state index in [2.05, 4.69) is 11.8 Å². The monoisotopic (exact) mass is 265 g/mol. The summed E-state index contributed by atoms with van der Waals surface area (Å²) in [6.45, 7) is 5.05. The fourth-order valence-corrected chi connectivity index (χ4v) is 2.68. The van der Waals surface area contributed by atoms with Gasteiger partial charge in [-0.2, -0.15) is 0 Å². The lowest BCUT2D eigenvalue weighted by Gasteiger charge is -2.37. The minimum Gasteiger partial charge on any atom is -0.497 e. The Labute approximate surface area is 117 Å². The van der Waals surface area contributed by atoms with Gasteiger partial charge in [0.1, 0.15) is 5.75 Å². The molecule has 0 aromatic heterocycles. The second-order valence-electron chi connectivity index (χ2n) is 5.38. The molecule has 0 spiro atoms. The second-order valence-corrected chi connectivity index (χ2v) is 5.38. The lowest BCUT2D eigenvalue weighted by molar-refractivity contribution is -0.0382. The van der Waals surface area contributed by atoms with Crippen molar-refractivity contribution in [3.05, 3.63) is 29.8 Å². The maximum atomic E-state index is 11.1. The Morgan fingerprint density at radius 3 is 2.47 bits per heavy atom. The van der Waals surface area contributed by atoms with Crippen molar-refractivity contribution in [2.45, 2.75) is 32.3 Å². The lowest BCUT2D eigenvalue weighted by atomic mass is 9.77. The first-order valence-corrected chi connectivity index (χ1v) is 6.99. The molecule has 1 aromatic rings. The molecule has 0 fully saturated rings. The van der Waals surface area contributed by atoms with Gasteiger partial charge in [0.2, 0.25) is 0 Å². The molecule has 0 bridgehead atoms. The van der Waals surface area contributed by atoms with Gasteiger partial charge in [-0.1, -0.05) is 26.0 Å². The van der Waals surface area contributed by atoms with E-state index < -0.39 is 5.60 Å². The third-order valence-corrected chi connectivity index (χ3v) is 3.86. The summed E-state index contributed by atoms with van der Waals surface area (Å²) in [5, 5.41) is 11.1. The van der Waals surface area contributed by atoms with E-state index in [9.17, 15) is 5.11 Å². The van der Waals surface area contributed by atoms with Gasteiger partial charge in [-0.15, -0.1) is 0 Å². The molecule has 1 aromatic carbocycles. The summed E-state index contributed by atoms with van der Waals surface area (Å²) >= 11 is 0. The molecule has 2 atom stereocenters. The predicted octanol–water partition coefficient (Wildman–Crippen LogP) is 2.88. The fraction of sp³-hybridized carbons (Fsp3) is 0.625. The van der Waals surface area contributed by atoms with Gasteiger partial charge in [-0.05, 0) is 44.6 Å². The van der Waals surface area contributed by atoms with Crippen molar-refractivity contribution < 1.29 is 9.84 Å². The maximum absolute atomic E-state index is 11.1. The Morgan fingerprint density at radius 1 is 1.32 bits per heavy atom. The molecule has 0 amide bonds. The van der Waals surface area contributed by atoms with Crippen molar-refractivity contribution in [2.75, 3.05) is 27.7 Å². The molecule has 0 aliphatic heterocycles. The van der Waals surface area contributed by atoms with Gasteiger partial charge in [0.25, 0.3) is 0 Å². The predicted molar refractivity (Wildman–Crippen MR) is 79.5 cm³/mol. The third-order valence-electron chi connectivity index (χ3n) is 3.86. The molecule has 19 heavy (non-hydrogen) atoms. The second kappa shape index (κ2) is 6.92. The molecule has 0 aliphatic carbocycles. The molecule has 1 rings (SSSR count). The van der Waals surface area contributed by atoms with Crippen LogP contribution < -0.4 is 4.74 Å². The highest BCUT2D eigenvalue weighted by molar-refractivity contribution is 5.32. The third kappa shape index (κ3) is 3.71. The molecule has 0 heterocycles. The van der Waals surface area contributed by atoms with Gasteiger partial charge in [-0.3, -0.25) is 0 Å². The highest BCUT2D eigenvalue weighted by Gasteiger charge is 2.36. The summed E-state index contributed by atoms with van der Waals surface area (Å²) in [5.74, 6) is 1.00. The van der Waals surface area contributed by atoms with E-state index in [1.165, 1.54) is 0 Å². The zero-order valence-corrected chi connectivity index (χ0v) is 12.8. The van der Waals surface area contributed by atoms with Crippen LogP contribution in [-0.4, -0.2) is 37.8 Å². The van der Waals surface area contributed by atoms with Crippen molar-refractivity contribution in [3.8, 4) is 5.75 Å². The van der Waals surface area contributed by atoms with E-state index in [-0.39, 0.29) is 5.92 Å². The quantitative estimate of drug-likeness (QED) is 0.823. The number of nitrogens with zero attached hydrogens (tertiary/aromatic N) is 1. The minimum absolute atomic E-state index is 0.208. The zero-order chi connectivity index (χ0) is 14.5. The highest BCUT2D eigenvalue weighted by Crippen LogP contribution is 2.36. The molecule has 0 aliphatic rings. The molecule has 0 saturated heterocycles. The number of ether oxygens (including phenoxy) is 1. The van der Waals surface area contributed by atoms with Gasteiger partial charge >= 0.3 is 0 Å². The van der Waals surface area contributed by atoms with Crippen molar-refractivity contribution >= 4 is 0 Å². The van der Waals surface area contributed by atoms with Crippen molar-refractivity contribution in [1.82, 2.24) is 4.90 Å². The van der Waals surface area contributed by atoms with Crippen LogP contribution >= 0.6 is 0 Å². The van der Waals surface area contributed by atoms with E-state index in [1.54, 1.807) is 7.11 Å². The average molecular weight is 265 g/mol. The Bertz CT molecular complexity index is 392. The first-order chi connectivity index (χ1) is 8.97. The van der Waals surface area contributed by atoms with Crippen LogP contribution in [0.5, 0.6) is 5.75 Å². The van der Waals surface area contributed by atoms with E-state index in [0.29, 0.717) is 6.42 Å². The Hall–Kier alpha value is -1.06. The van der Waals surface area contributed by atoms with Crippen LogP contribution in [0.1, 0.15) is 32.3 Å². The summed E-state index contributed by atoms with van der Waals surface area (Å²) < 4.78 is 5.27. The standard InChI is InChI=1S/C16H27NO2/c1-6-13(12-17(3)4)16(18,7-2)14-9-8-10-15(11-14)19-5/h8-11,13,18H,6-7,12H2,1-5H3/t13-,16-/m1/s1. The van der Waals surface area contributed by atoms with Gasteiger partial charge in [0.15, 0.2) is 0 Å². The number of aliphatic hydroxyl groups is 1. The zero-order valence-electron chi connectivity index (χ0n) is 12.8.